The van der Waals surface area contributed by atoms with Gasteiger partial charge in [0.1, 0.15) is 11.6 Å². The van der Waals surface area contributed by atoms with E-state index in [1.165, 1.54) is 12.3 Å². The minimum atomic E-state index is -0.421. The molecule has 120 valence electrons. The Labute approximate surface area is 138 Å². The Balaban J connectivity index is 1.54. The molecule has 4 nitrogen and oxygen atoms in total. The van der Waals surface area contributed by atoms with Crippen LogP contribution in [0.4, 0.5) is 4.39 Å². The average Bonchev–Trinajstić information content (AvgIpc) is 2.61. The molecule has 0 aliphatic carbocycles. The first kappa shape index (κ1) is 15.7. The summed E-state index contributed by atoms with van der Waals surface area (Å²) in [7, 11) is 0. The van der Waals surface area contributed by atoms with E-state index in [1.807, 2.05) is 36.4 Å². The van der Waals surface area contributed by atoms with Gasteiger partial charge in [0.05, 0.1) is 6.21 Å². The molecule has 0 aromatic heterocycles. The van der Waals surface area contributed by atoms with Crippen molar-refractivity contribution in [3.8, 4) is 5.75 Å². The smallest absolute Gasteiger partial charge is 0.277 e. The SMILES string of the molecule is O=C(COc1ccc2ccccc2c1)NN=Cc1ccccc1F. The fourth-order valence-corrected chi connectivity index (χ4v) is 2.19. The van der Waals surface area contributed by atoms with Crippen LogP contribution in [-0.4, -0.2) is 18.7 Å². The molecule has 0 radical (unpaired) electrons. The number of rotatable bonds is 5. The van der Waals surface area contributed by atoms with Crippen molar-refractivity contribution in [2.75, 3.05) is 6.61 Å². The summed E-state index contributed by atoms with van der Waals surface area (Å²) in [6.07, 6.45) is 1.25. The van der Waals surface area contributed by atoms with Crippen molar-refractivity contribution in [3.05, 3.63) is 78.1 Å². The van der Waals surface area contributed by atoms with Crippen LogP contribution in [0.15, 0.2) is 71.8 Å². The van der Waals surface area contributed by atoms with Crippen LogP contribution >= 0.6 is 0 Å². The number of hydrazone groups is 1. The maximum atomic E-state index is 13.4. The van der Waals surface area contributed by atoms with Gasteiger partial charge in [0, 0.05) is 5.56 Å². The van der Waals surface area contributed by atoms with Crippen LogP contribution in [0.2, 0.25) is 0 Å². The zero-order chi connectivity index (χ0) is 16.8. The molecule has 0 spiro atoms. The van der Waals surface area contributed by atoms with Crippen LogP contribution in [0.3, 0.4) is 0 Å². The Morgan fingerprint density at radius 1 is 1.04 bits per heavy atom. The van der Waals surface area contributed by atoms with Crippen molar-refractivity contribution in [1.82, 2.24) is 5.43 Å². The second-order valence-corrected chi connectivity index (χ2v) is 5.11. The van der Waals surface area contributed by atoms with Crippen molar-refractivity contribution in [2.24, 2.45) is 5.10 Å². The highest BCUT2D eigenvalue weighted by atomic mass is 19.1. The summed E-state index contributed by atoms with van der Waals surface area (Å²) < 4.78 is 18.8. The number of carbonyl (C=O) groups excluding carboxylic acids is 1. The van der Waals surface area contributed by atoms with Crippen molar-refractivity contribution in [3.63, 3.8) is 0 Å². The minimum absolute atomic E-state index is 0.174. The molecule has 0 atom stereocenters. The Hall–Kier alpha value is -3.21. The van der Waals surface area contributed by atoms with Gasteiger partial charge in [-0.2, -0.15) is 5.10 Å². The van der Waals surface area contributed by atoms with Gasteiger partial charge >= 0.3 is 0 Å². The van der Waals surface area contributed by atoms with Gasteiger partial charge in [0.25, 0.3) is 5.91 Å². The third-order valence-electron chi connectivity index (χ3n) is 3.39. The Kier molecular flexibility index (Phi) is 4.81. The van der Waals surface area contributed by atoms with Gasteiger partial charge in [-0.3, -0.25) is 4.79 Å². The fourth-order valence-electron chi connectivity index (χ4n) is 2.19. The lowest BCUT2D eigenvalue weighted by molar-refractivity contribution is -0.123. The van der Waals surface area contributed by atoms with Crippen LogP contribution in [0.25, 0.3) is 10.8 Å². The van der Waals surface area contributed by atoms with Crippen molar-refractivity contribution in [2.45, 2.75) is 0 Å². The predicted molar refractivity (Wildman–Crippen MR) is 91.6 cm³/mol. The van der Waals surface area contributed by atoms with Crippen LogP contribution < -0.4 is 10.2 Å². The first-order chi connectivity index (χ1) is 11.7. The predicted octanol–water partition coefficient (Wildman–Crippen LogP) is 3.51. The van der Waals surface area contributed by atoms with E-state index >= 15 is 0 Å². The van der Waals surface area contributed by atoms with Crippen LogP contribution in [0, 0.1) is 5.82 Å². The molecule has 0 heterocycles. The molecule has 3 aromatic carbocycles. The highest BCUT2D eigenvalue weighted by molar-refractivity contribution is 5.84. The summed E-state index contributed by atoms with van der Waals surface area (Å²) in [5, 5.41) is 5.86. The highest BCUT2D eigenvalue weighted by Crippen LogP contribution is 2.20. The minimum Gasteiger partial charge on any atom is -0.484 e. The molecule has 1 N–H and O–H groups in total. The van der Waals surface area contributed by atoms with Gasteiger partial charge in [0.2, 0.25) is 0 Å². The largest absolute Gasteiger partial charge is 0.484 e. The van der Waals surface area contributed by atoms with Crippen LogP contribution in [0.1, 0.15) is 5.56 Å². The summed E-state index contributed by atoms with van der Waals surface area (Å²) in [5.74, 6) is -0.222. The number of hydrogen-bond acceptors (Lipinski definition) is 3. The van der Waals surface area contributed by atoms with Crippen molar-refractivity contribution in [1.29, 1.82) is 0 Å². The zero-order valence-corrected chi connectivity index (χ0v) is 12.8. The maximum Gasteiger partial charge on any atom is 0.277 e. The molecule has 3 aromatic rings. The molecule has 0 aliphatic rings. The number of ether oxygens (including phenoxy) is 1. The molecular weight excluding hydrogens is 307 g/mol. The molecular formula is C19H15FN2O2. The van der Waals surface area contributed by atoms with Gasteiger partial charge < -0.3 is 4.74 Å². The molecule has 0 unspecified atom stereocenters. The van der Waals surface area contributed by atoms with Crippen molar-refractivity contribution < 1.29 is 13.9 Å². The molecule has 0 fully saturated rings. The number of carbonyl (C=O) groups is 1. The second kappa shape index (κ2) is 7.37. The van der Waals surface area contributed by atoms with E-state index in [4.69, 9.17) is 4.74 Å². The van der Waals surface area contributed by atoms with Crippen LogP contribution in [-0.2, 0) is 4.79 Å². The number of nitrogens with zero attached hydrogens (tertiary/aromatic N) is 1. The first-order valence-corrected chi connectivity index (χ1v) is 7.40. The summed E-state index contributed by atoms with van der Waals surface area (Å²) >= 11 is 0. The molecule has 1 amide bonds. The lowest BCUT2D eigenvalue weighted by atomic mass is 10.1. The van der Waals surface area contributed by atoms with E-state index < -0.39 is 11.7 Å². The molecule has 0 saturated carbocycles. The Bertz CT molecular complexity index is 893. The Morgan fingerprint density at radius 2 is 1.79 bits per heavy atom. The van der Waals surface area contributed by atoms with E-state index in [1.54, 1.807) is 24.3 Å². The lowest BCUT2D eigenvalue weighted by Gasteiger charge is -2.06. The molecule has 24 heavy (non-hydrogen) atoms. The number of amides is 1. The highest BCUT2D eigenvalue weighted by Gasteiger charge is 2.03. The average molecular weight is 322 g/mol. The molecule has 5 heteroatoms. The number of hydrogen-bond donors (Lipinski definition) is 1. The monoisotopic (exact) mass is 322 g/mol. The summed E-state index contributed by atoms with van der Waals surface area (Å²) in [6, 6.07) is 19.6. The number of fused-ring (bicyclic) bond motifs is 1. The van der Waals surface area contributed by atoms with E-state index in [0.29, 0.717) is 11.3 Å². The molecule has 3 rings (SSSR count). The molecule has 0 saturated heterocycles. The van der Waals surface area contributed by atoms with Crippen LogP contribution in [0.5, 0.6) is 5.75 Å². The molecule has 0 aliphatic heterocycles. The fraction of sp³-hybridized carbons (Fsp3) is 0.0526. The third kappa shape index (κ3) is 3.95. The number of halogens is 1. The zero-order valence-electron chi connectivity index (χ0n) is 12.8. The first-order valence-electron chi connectivity index (χ1n) is 7.40. The van der Waals surface area contributed by atoms with Gasteiger partial charge in [-0.25, -0.2) is 9.82 Å². The van der Waals surface area contributed by atoms with Gasteiger partial charge in [-0.1, -0.05) is 48.5 Å². The summed E-state index contributed by atoms with van der Waals surface area (Å²) in [4.78, 5) is 11.7. The standard InChI is InChI=1S/C19H15FN2O2/c20-18-8-4-3-7-16(18)12-21-22-19(23)13-24-17-10-9-14-5-1-2-6-15(14)11-17/h1-12H,13H2,(H,22,23). The topological polar surface area (TPSA) is 50.7 Å². The van der Waals surface area contributed by atoms with E-state index in [9.17, 15) is 9.18 Å². The van der Waals surface area contributed by atoms with E-state index in [-0.39, 0.29) is 6.61 Å². The van der Waals surface area contributed by atoms with Gasteiger partial charge in [-0.15, -0.1) is 0 Å². The van der Waals surface area contributed by atoms with Gasteiger partial charge in [-0.05, 0) is 29.0 Å². The van der Waals surface area contributed by atoms with E-state index in [2.05, 4.69) is 10.5 Å². The lowest BCUT2D eigenvalue weighted by Crippen LogP contribution is -2.24. The van der Waals surface area contributed by atoms with Gasteiger partial charge in [0.15, 0.2) is 6.61 Å². The summed E-state index contributed by atoms with van der Waals surface area (Å²) in [5.41, 5.74) is 2.60. The summed E-state index contributed by atoms with van der Waals surface area (Å²) in [6.45, 7) is -0.174. The molecule has 0 bridgehead atoms. The van der Waals surface area contributed by atoms with E-state index in [0.717, 1.165) is 10.8 Å². The third-order valence-corrected chi connectivity index (χ3v) is 3.39. The van der Waals surface area contributed by atoms with Crippen molar-refractivity contribution >= 4 is 22.9 Å². The Morgan fingerprint density at radius 3 is 2.62 bits per heavy atom. The normalized spacial score (nSPS) is 10.9. The quantitative estimate of drug-likeness (QED) is 0.577. The maximum absolute atomic E-state index is 13.4. The second-order valence-electron chi connectivity index (χ2n) is 5.11. The number of benzene rings is 3. The number of nitrogens with one attached hydrogen (secondary N) is 1.